The number of hydrogen-bond acceptors (Lipinski definition) is 3. The van der Waals surface area contributed by atoms with Gasteiger partial charge < -0.3 is 15.7 Å². The zero-order valence-electron chi connectivity index (χ0n) is 10.6. The van der Waals surface area contributed by atoms with E-state index in [0.717, 1.165) is 38.6 Å². The summed E-state index contributed by atoms with van der Waals surface area (Å²) in [6, 6.07) is 0.214. The van der Waals surface area contributed by atoms with Crippen molar-refractivity contribution >= 4 is 5.91 Å². The molecule has 98 valence electrons. The fourth-order valence-electron chi connectivity index (χ4n) is 3.25. The molecule has 0 radical (unpaired) electrons. The number of hydrogen-bond donors (Lipinski definition) is 2. The molecule has 1 aliphatic heterocycles. The number of carbonyl (C=O) groups is 1. The fraction of sp³-hybridized carbons (Fsp3) is 0.923. The van der Waals surface area contributed by atoms with Gasteiger partial charge in [-0.2, -0.15) is 0 Å². The van der Waals surface area contributed by atoms with Gasteiger partial charge in [0.25, 0.3) is 0 Å². The maximum atomic E-state index is 12.4. The Balaban J connectivity index is 1.99. The summed E-state index contributed by atoms with van der Waals surface area (Å²) >= 11 is 0. The van der Waals surface area contributed by atoms with E-state index in [0.29, 0.717) is 5.92 Å². The summed E-state index contributed by atoms with van der Waals surface area (Å²) in [5.74, 6) is 0.739. The lowest BCUT2D eigenvalue weighted by molar-refractivity contribution is -0.138. The van der Waals surface area contributed by atoms with Crippen molar-refractivity contribution < 1.29 is 9.90 Å². The van der Waals surface area contributed by atoms with Crippen LogP contribution in [-0.4, -0.2) is 41.1 Å². The SMILES string of the molecule is CC1CCN(C(=O)C2CCCC(N)C2)C1CO. The van der Waals surface area contributed by atoms with Gasteiger partial charge in [0.15, 0.2) is 0 Å². The molecule has 3 N–H and O–H groups in total. The first-order chi connectivity index (χ1) is 8.13. The average Bonchev–Trinajstić information content (AvgIpc) is 2.69. The van der Waals surface area contributed by atoms with Gasteiger partial charge in [0.2, 0.25) is 5.91 Å². The Morgan fingerprint density at radius 1 is 1.41 bits per heavy atom. The van der Waals surface area contributed by atoms with Gasteiger partial charge in [-0.3, -0.25) is 4.79 Å². The number of likely N-dealkylation sites (tertiary alicyclic amines) is 1. The van der Waals surface area contributed by atoms with E-state index in [9.17, 15) is 9.90 Å². The van der Waals surface area contributed by atoms with Crippen LogP contribution in [-0.2, 0) is 4.79 Å². The van der Waals surface area contributed by atoms with E-state index in [2.05, 4.69) is 6.92 Å². The molecule has 1 saturated carbocycles. The highest BCUT2D eigenvalue weighted by atomic mass is 16.3. The first-order valence-electron chi connectivity index (χ1n) is 6.80. The minimum atomic E-state index is 0.0284. The Labute approximate surface area is 103 Å². The molecule has 2 fully saturated rings. The second kappa shape index (κ2) is 5.36. The molecule has 4 heteroatoms. The lowest BCUT2D eigenvalue weighted by atomic mass is 9.85. The topological polar surface area (TPSA) is 66.6 Å². The number of rotatable bonds is 2. The van der Waals surface area contributed by atoms with Gasteiger partial charge in [-0.15, -0.1) is 0 Å². The van der Waals surface area contributed by atoms with Crippen LogP contribution in [0.1, 0.15) is 39.0 Å². The van der Waals surface area contributed by atoms with Crippen molar-refractivity contribution in [2.75, 3.05) is 13.2 Å². The van der Waals surface area contributed by atoms with Gasteiger partial charge in [-0.25, -0.2) is 0 Å². The molecule has 4 atom stereocenters. The lowest BCUT2D eigenvalue weighted by Crippen LogP contribution is -2.45. The predicted octanol–water partition coefficient (Wildman–Crippen LogP) is 0.733. The zero-order chi connectivity index (χ0) is 12.4. The Morgan fingerprint density at radius 3 is 2.82 bits per heavy atom. The average molecular weight is 240 g/mol. The number of carbonyl (C=O) groups excluding carboxylic acids is 1. The highest BCUT2D eigenvalue weighted by molar-refractivity contribution is 5.79. The Hall–Kier alpha value is -0.610. The van der Waals surface area contributed by atoms with Crippen LogP contribution in [0, 0.1) is 11.8 Å². The molecular formula is C13H24N2O2. The molecular weight excluding hydrogens is 216 g/mol. The number of nitrogens with two attached hydrogens (primary N) is 1. The van der Waals surface area contributed by atoms with Crippen LogP contribution in [0.15, 0.2) is 0 Å². The standard InChI is InChI=1S/C13H24N2O2/c1-9-5-6-15(12(9)8-16)13(17)10-3-2-4-11(14)7-10/h9-12,16H,2-8,14H2,1H3. The molecule has 2 rings (SSSR count). The third-order valence-corrected chi connectivity index (χ3v) is 4.42. The molecule has 1 aliphatic carbocycles. The summed E-state index contributed by atoms with van der Waals surface area (Å²) in [5.41, 5.74) is 5.94. The Morgan fingerprint density at radius 2 is 2.18 bits per heavy atom. The first-order valence-corrected chi connectivity index (χ1v) is 6.80. The molecule has 0 aromatic rings. The van der Waals surface area contributed by atoms with Gasteiger partial charge in [0.05, 0.1) is 12.6 Å². The molecule has 1 saturated heterocycles. The smallest absolute Gasteiger partial charge is 0.226 e. The Kier molecular flexibility index (Phi) is 4.05. The van der Waals surface area contributed by atoms with E-state index in [1.54, 1.807) is 0 Å². The van der Waals surface area contributed by atoms with Gasteiger partial charge >= 0.3 is 0 Å². The molecule has 4 nitrogen and oxygen atoms in total. The maximum Gasteiger partial charge on any atom is 0.226 e. The van der Waals surface area contributed by atoms with E-state index >= 15 is 0 Å². The van der Waals surface area contributed by atoms with Crippen molar-refractivity contribution in [1.82, 2.24) is 4.90 Å². The van der Waals surface area contributed by atoms with E-state index in [-0.39, 0.29) is 30.5 Å². The molecule has 4 unspecified atom stereocenters. The largest absolute Gasteiger partial charge is 0.394 e. The van der Waals surface area contributed by atoms with Crippen molar-refractivity contribution in [2.24, 2.45) is 17.6 Å². The minimum Gasteiger partial charge on any atom is -0.394 e. The van der Waals surface area contributed by atoms with Gasteiger partial charge in [0.1, 0.15) is 0 Å². The lowest BCUT2D eigenvalue weighted by Gasteiger charge is -2.32. The third-order valence-electron chi connectivity index (χ3n) is 4.42. The number of amides is 1. The van der Waals surface area contributed by atoms with Gasteiger partial charge in [-0.1, -0.05) is 13.3 Å². The van der Waals surface area contributed by atoms with Gasteiger partial charge in [0, 0.05) is 18.5 Å². The molecule has 17 heavy (non-hydrogen) atoms. The zero-order valence-corrected chi connectivity index (χ0v) is 10.6. The molecule has 1 amide bonds. The monoisotopic (exact) mass is 240 g/mol. The van der Waals surface area contributed by atoms with Crippen LogP contribution < -0.4 is 5.73 Å². The molecule has 0 aromatic heterocycles. The normalized spacial score (nSPS) is 38.4. The fourth-order valence-corrected chi connectivity index (χ4v) is 3.25. The summed E-state index contributed by atoms with van der Waals surface area (Å²) in [7, 11) is 0. The molecule has 0 aromatic carbocycles. The summed E-state index contributed by atoms with van der Waals surface area (Å²) in [4.78, 5) is 14.3. The number of nitrogens with zero attached hydrogens (tertiary/aromatic N) is 1. The third kappa shape index (κ3) is 2.63. The van der Waals surface area contributed by atoms with E-state index in [4.69, 9.17) is 5.73 Å². The highest BCUT2D eigenvalue weighted by Gasteiger charge is 2.37. The predicted molar refractivity (Wildman–Crippen MR) is 66.3 cm³/mol. The maximum absolute atomic E-state index is 12.4. The van der Waals surface area contributed by atoms with Crippen LogP contribution in [0.5, 0.6) is 0 Å². The van der Waals surface area contributed by atoms with Crippen molar-refractivity contribution in [1.29, 1.82) is 0 Å². The van der Waals surface area contributed by atoms with Crippen LogP contribution in [0.25, 0.3) is 0 Å². The second-order valence-corrected chi connectivity index (χ2v) is 5.67. The van der Waals surface area contributed by atoms with Gasteiger partial charge in [-0.05, 0) is 31.6 Å². The number of aliphatic hydroxyl groups excluding tert-OH is 1. The van der Waals surface area contributed by atoms with Crippen molar-refractivity contribution in [3.05, 3.63) is 0 Å². The van der Waals surface area contributed by atoms with Crippen LogP contribution in [0.4, 0.5) is 0 Å². The molecule has 0 spiro atoms. The first kappa shape index (κ1) is 12.8. The summed E-state index contributed by atoms with van der Waals surface area (Å²) < 4.78 is 0. The van der Waals surface area contributed by atoms with E-state index in [1.807, 2.05) is 4.90 Å². The summed E-state index contributed by atoms with van der Waals surface area (Å²) in [6.07, 6.45) is 4.90. The second-order valence-electron chi connectivity index (χ2n) is 5.67. The van der Waals surface area contributed by atoms with Crippen LogP contribution >= 0.6 is 0 Å². The van der Waals surface area contributed by atoms with E-state index < -0.39 is 0 Å². The minimum absolute atomic E-state index is 0.0284. The molecule has 1 heterocycles. The highest BCUT2D eigenvalue weighted by Crippen LogP contribution is 2.30. The Bertz CT molecular complexity index is 283. The quantitative estimate of drug-likeness (QED) is 0.748. The van der Waals surface area contributed by atoms with Crippen LogP contribution in [0.3, 0.4) is 0 Å². The summed E-state index contributed by atoms with van der Waals surface area (Å²) in [5, 5.41) is 9.39. The van der Waals surface area contributed by atoms with Crippen molar-refractivity contribution in [3.8, 4) is 0 Å². The van der Waals surface area contributed by atoms with Crippen LogP contribution in [0.2, 0.25) is 0 Å². The number of aliphatic hydroxyl groups is 1. The molecule has 2 aliphatic rings. The molecule has 0 bridgehead atoms. The van der Waals surface area contributed by atoms with E-state index in [1.165, 1.54) is 0 Å². The van der Waals surface area contributed by atoms with Crippen molar-refractivity contribution in [3.63, 3.8) is 0 Å². The summed E-state index contributed by atoms with van der Waals surface area (Å²) in [6.45, 7) is 3.00. The van der Waals surface area contributed by atoms with Crippen molar-refractivity contribution in [2.45, 2.75) is 51.1 Å².